The van der Waals surface area contributed by atoms with Crippen LogP contribution in [-0.2, 0) is 24.3 Å². The van der Waals surface area contributed by atoms with Crippen LogP contribution in [-0.4, -0.2) is 80.6 Å². The zero-order chi connectivity index (χ0) is 20.6. The maximum Gasteiger partial charge on any atom is 0.294 e. The minimum absolute atomic E-state index is 0.0306. The predicted octanol–water partition coefficient (Wildman–Crippen LogP) is 1.17. The van der Waals surface area contributed by atoms with Gasteiger partial charge in [-0.05, 0) is 32.9 Å². The monoisotopic (exact) mass is 404 g/mol. The zero-order valence-electron chi connectivity index (χ0n) is 16.6. The van der Waals surface area contributed by atoms with Crippen LogP contribution in [0.4, 0.5) is 0 Å². The van der Waals surface area contributed by atoms with Gasteiger partial charge in [0.1, 0.15) is 12.2 Å². The molecule has 154 valence electrons. The highest BCUT2D eigenvalue weighted by Crippen LogP contribution is 2.40. The number of ether oxygens (including phenoxy) is 3. The highest BCUT2D eigenvalue weighted by atomic mass is 32.2. The van der Waals surface area contributed by atoms with Crippen molar-refractivity contribution >= 4 is 10.1 Å². The fourth-order valence-corrected chi connectivity index (χ4v) is 3.62. The van der Waals surface area contributed by atoms with Crippen molar-refractivity contribution in [3.05, 3.63) is 29.8 Å². The van der Waals surface area contributed by atoms with Crippen LogP contribution in [0.15, 0.2) is 29.2 Å². The summed E-state index contributed by atoms with van der Waals surface area (Å²) in [5, 5.41) is 9.30. The second-order valence-electron chi connectivity index (χ2n) is 8.22. The molecule has 2 fully saturated rings. The van der Waals surface area contributed by atoms with Gasteiger partial charge in [-0.25, -0.2) is 0 Å². The Bertz CT molecular complexity index is 740. The Labute approximate surface area is 161 Å². The van der Waals surface area contributed by atoms with Crippen molar-refractivity contribution in [2.24, 2.45) is 0 Å². The van der Waals surface area contributed by atoms with E-state index in [0.29, 0.717) is 4.48 Å². The van der Waals surface area contributed by atoms with E-state index >= 15 is 0 Å². The number of aryl methyl sites for hydroxylation is 1. The lowest BCUT2D eigenvalue weighted by Gasteiger charge is -2.34. The summed E-state index contributed by atoms with van der Waals surface area (Å²) in [4.78, 5) is -0.0666. The lowest BCUT2D eigenvalue weighted by molar-refractivity contribution is -0.921. The molecule has 0 amide bonds. The Morgan fingerprint density at radius 2 is 1.59 bits per heavy atom. The van der Waals surface area contributed by atoms with E-state index in [0.717, 1.165) is 5.56 Å². The first-order valence-electron chi connectivity index (χ1n) is 8.72. The molecule has 1 aromatic rings. The lowest BCUT2D eigenvalue weighted by Crippen LogP contribution is -2.51. The molecule has 2 heterocycles. The molecule has 2 aliphatic heterocycles. The van der Waals surface area contributed by atoms with Gasteiger partial charge in [0.25, 0.3) is 10.1 Å². The van der Waals surface area contributed by atoms with Gasteiger partial charge < -0.3 is 23.8 Å². The minimum atomic E-state index is -4.02. The summed E-state index contributed by atoms with van der Waals surface area (Å²) in [6.45, 7) is 5.60. The van der Waals surface area contributed by atoms with Gasteiger partial charge in [0, 0.05) is 0 Å². The number of aliphatic hydroxyl groups excluding tert-OH is 1. The predicted molar refractivity (Wildman–Crippen MR) is 98.6 cm³/mol. The van der Waals surface area contributed by atoms with Crippen molar-refractivity contribution in [3.8, 4) is 0 Å². The van der Waals surface area contributed by atoms with Crippen LogP contribution in [0.5, 0.6) is 0 Å². The average molecular weight is 405 g/mol. The molecule has 1 aromatic carbocycles. The van der Waals surface area contributed by atoms with Gasteiger partial charge in [-0.2, -0.15) is 8.42 Å². The number of quaternary nitrogens is 1. The van der Waals surface area contributed by atoms with E-state index in [4.69, 9.17) is 18.8 Å². The van der Waals surface area contributed by atoms with Crippen molar-refractivity contribution in [2.45, 2.75) is 56.0 Å². The quantitative estimate of drug-likeness (QED) is 0.576. The zero-order valence-corrected chi connectivity index (χ0v) is 17.4. The second-order valence-corrected chi connectivity index (χ2v) is 9.64. The Morgan fingerprint density at radius 3 is 2.04 bits per heavy atom. The number of likely N-dealkylation sites (N-methyl/N-ethyl adjacent to an activating group) is 1. The van der Waals surface area contributed by atoms with Crippen LogP contribution in [0.2, 0.25) is 0 Å². The van der Waals surface area contributed by atoms with E-state index in [-0.39, 0.29) is 36.0 Å². The molecule has 4 atom stereocenters. The Kier molecular flexibility index (Phi) is 6.38. The van der Waals surface area contributed by atoms with Crippen molar-refractivity contribution < 1.29 is 36.8 Å². The standard InChI is InChI=1S/C11H22NO4.C7H8O3S/c1-11(2)15-8-7(6-13)14-10(9(8)16-11)12(3,4)5;1-6-2-4-7(5-3-6)11(8,9)10/h7-10,13H,6H2,1-5H3;2-5H,1H3,(H,8,9,10)/q+1;. The average Bonchev–Trinajstić information content (AvgIpc) is 2.99. The lowest BCUT2D eigenvalue weighted by atomic mass is 10.1. The molecule has 27 heavy (non-hydrogen) atoms. The summed E-state index contributed by atoms with van der Waals surface area (Å²) in [5.74, 6) is -0.583. The molecule has 2 saturated heterocycles. The van der Waals surface area contributed by atoms with Gasteiger partial charge in [-0.15, -0.1) is 0 Å². The highest BCUT2D eigenvalue weighted by Gasteiger charge is 2.59. The Hall–Kier alpha value is -1.07. The van der Waals surface area contributed by atoms with E-state index in [1.165, 1.54) is 12.1 Å². The molecule has 9 heteroatoms. The van der Waals surface area contributed by atoms with Gasteiger partial charge in [0.15, 0.2) is 11.9 Å². The van der Waals surface area contributed by atoms with Gasteiger partial charge in [-0.1, -0.05) is 17.7 Å². The van der Waals surface area contributed by atoms with Crippen molar-refractivity contribution in [1.82, 2.24) is 0 Å². The normalized spacial score (nSPS) is 29.8. The highest BCUT2D eigenvalue weighted by molar-refractivity contribution is 7.85. The maximum absolute atomic E-state index is 10.5. The third-order valence-corrected chi connectivity index (χ3v) is 5.26. The van der Waals surface area contributed by atoms with Crippen LogP contribution < -0.4 is 0 Å². The second kappa shape index (κ2) is 7.75. The first-order chi connectivity index (χ1) is 12.2. The molecule has 0 aromatic heterocycles. The smallest absolute Gasteiger partial charge is 0.294 e. The molecule has 0 spiro atoms. The summed E-state index contributed by atoms with van der Waals surface area (Å²) in [6.07, 6.45) is -0.646. The summed E-state index contributed by atoms with van der Waals surface area (Å²) >= 11 is 0. The molecule has 4 unspecified atom stereocenters. The first kappa shape index (κ1) is 22.2. The Morgan fingerprint density at radius 1 is 1.07 bits per heavy atom. The molecule has 3 rings (SSSR count). The third-order valence-electron chi connectivity index (χ3n) is 4.39. The molecule has 0 bridgehead atoms. The number of aliphatic hydroxyl groups is 1. The molecule has 2 N–H and O–H groups in total. The SMILES string of the molecule is CC1(C)OC2C(CO)OC([N+](C)(C)C)C2O1.Cc1ccc(S(=O)(=O)O)cc1. The topological polar surface area (TPSA) is 102 Å². The number of nitrogens with zero attached hydrogens (tertiary/aromatic N) is 1. The summed E-state index contributed by atoms with van der Waals surface area (Å²) < 4.78 is 47.6. The van der Waals surface area contributed by atoms with Crippen molar-refractivity contribution in [1.29, 1.82) is 0 Å². The molecule has 0 saturated carbocycles. The number of hydrogen-bond donors (Lipinski definition) is 2. The van der Waals surface area contributed by atoms with E-state index in [1.54, 1.807) is 12.1 Å². The van der Waals surface area contributed by atoms with Gasteiger partial charge in [-0.3, -0.25) is 4.55 Å². The Balaban J connectivity index is 0.000000208. The van der Waals surface area contributed by atoms with E-state index < -0.39 is 15.9 Å². The third kappa shape index (κ3) is 5.47. The molecule has 0 radical (unpaired) electrons. The van der Waals surface area contributed by atoms with Gasteiger partial charge in [0.05, 0.1) is 32.6 Å². The first-order valence-corrected chi connectivity index (χ1v) is 10.2. The molecule has 8 nitrogen and oxygen atoms in total. The number of rotatable bonds is 3. The summed E-state index contributed by atoms with van der Waals surface area (Å²) in [6, 6.07) is 5.99. The largest absolute Gasteiger partial charge is 0.394 e. The van der Waals surface area contributed by atoms with Crippen molar-refractivity contribution in [3.63, 3.8) is 0 Å². The van der Waals surface area contributed by atoms with E-state index in [2.05, 4.69) is 21.1 Å². The molecular weight excluding hydrogens is 374 g/mol. The summed E-state index contributed by atoms with van der Waals surface area (Å²) in [7, 11) is 2.14. The molecule has 2 aliphatic rings. The minimum Gasteiger partial charge on any atom is -0.394 e. The van der Waals surface area contributed by atoms with Crippen LogP contribution in [0.25, 0.3) is 0 Å². The summed E-state index contributed by atoms with van der Waals surface area (Å²) in [5.41, 5.74) is 0.956. The van der Waals surface area contributed by atoms with Crippen LogP contribution in [0.1, 0.15) is 19.4 Å². The van der Waals surface area contributed by atoms with Gasteiger partial charge in [0.2, 0.25) is 6.23 Å². The number of hydrogen-bond acceptors (Lipinski definition) is 6. The van der Waals surface area contributed by atoms with E-state index in [1.807, 2.05) is 20.8 Å². The van der Waals surface area contributed by atoms with Crippen molar-refractivity contribution in [2.75, 3.05) is 27.7 Å². The van der Waals surface area contributed by atoms with Crippen LogP contribution in [0, 0.1) is 6.92 Å². The van der Waals surface area contributed by atoms with E-state index in [9.17, 15) is 13.5 Å². The van der Waals surface area contributed by atoms with Crippen LogP contribution >= 0.6 is 0 Å². The fourth-order valence-electron chi connectivity index (χ4n) is 3.14. The molecular formula is C18H30NO7S+. The number of benzene rings is 1. The fraction of sp³-hybridized carbons (Fsp3) is 0.667. The molecule has 0 aliphatic carbocycles. The maximum atomic E-state index is 10.5. The van der Waals surface area contributed by atoms with Gasteiger partial charge >= 0.3 is 0 Å². The number of fused-ring (bicyclic) bond motifs is 1. The van der Waals surface area contributed by atoms with Crippen LogP contribution in [0.3, 0.4) is 0 Å².